The molecular weight excluding hydrogens is 350 g/mol. The molecule has 0 fully saturated rings. The molecule has 136 valence electrons. The Labute approximate surface area is 157 Å². The maximum atomic E-state index is 12.0. The lowest BCUT2D eigenvalue weighted by atomic mass is 10.1. The highest BCUT2D eigenvalue weighted by Gasteiger charge is 2.07. The van der Waals surface area contributed by atoms with Crippen LogP contribution in [0.2, 0.25) is 0 Å². The zero-order valence-electron chi connectivity index (χ0n) is 14.5. The van der Waals surface area contributed by atoms with Crippen LogP contribution in [0.5, 0.6) is 5.75 Å². The number of nitrogens with one attached hydrogen (secondary N) is 3. The first-order valence-electron chi connectivity index (χ1n) is 8.12. The predicted molar refractivity (Wildman–Crippen MR) is 103 cm³/mol. The second-order valence-electron chi connectivity index (χ2n) is 5.56. The van der Waals surface area contributed by atoms with E-state index < -0.39 is 0 Å². The van der Waals surface area contributed by atoms with E-state index in [1.165, 1.54) is 0 Å². The molecule has 2 aromatic carbocycles. The highest BCUT2D eigenvalue weighted by atomic mass is 32.1. The van der Waals surface area contributed by atoms with Gasteiger partial charge in [0.1, 0.15) is 5.75 Å². The van der Waals surface area contributed by atoms with Crippen molar-refractivity contribution < 1.29 is 14.3 Å². The average molecular weight is 371 g/mol. The van der Waals surface area contributed by atoms with Gasteiger partial charge in [-0.2, -0.15) is 0 Å². The van der Waals surface area contributed by atoms with Crippen LogP contribution in [0.15, 0.2) is 54.6 Å². The van der Waals surface area contributed by atoms with E-state index >= 15 is 0 Å². The number of amides is 2. The van der Waals surface area contributed by atoms with Crippen LogP contribution in [-0.4, -0.2) is 24.0 Å². The Kier molecular flexibility index (Phi) is 7.57. The lowest BCUT2D eigenvalue weighted by molar-refractivity contribution is -0.122. The van der Waals surface area contributed by atoms with Crippen LogP contribution in [0.3, 0.4) is 0 Å². The van der Waals surface area contributed by atoms with Crippen LogP contribution in [0.1, 0.15) is 17.5 Å². The van der Waals surface area contributed by atoms with Crippen LogP contribution >= 0.6 is 12.2 Å². The molecule has 2 rings (SSSR count). The summed E-state index contributed by atoms with van der Waals surface area (Å²) in [6.07, 6.45) is 1.12. The summed E-state index contributed by atoms with van der Waals surface area (Å²) in [6.45, 7) is 0. The van der Waals surface area contributed by atoms with E-state index in [-0.39, 0.29) is 23.3 Å². The minimum atomic E-state index is -0.272. The predicted octanol–water partition coefficient (Wildman–Crippen LogP) is 1.89. The standard InChI is InChI=1S/C19H21N3O3S/c1-25-16-10-7-15(8-11-16)13-18(24)20-19(26)22-21-17(23)12-9-14-5-3-2-4-6-14/h2-8,10-11H,9,12-13H2,1H3,(H,21,23)(H2,20,22,24,26). The van der Waals surface area contributed by atoms with Crippen LogP contribution in [-0.2, 0) is 22.4 Å². The molecule has 0 aliphatic heterocycles. The molecular formula is C19H21N3O3S. The molecule has 0 aliphatic carbocycles. The SMILES string of the molecule is COc1ccc(CC(=O)NC(=S)NNC(=O)CCc2ccccc2)cc1. The second kappa shape index (κ2) is 10.1. The molecule has 7 heteroatoms. The Bertz CT molecular complexity index is 748. The second-order valence-corrected chi connectivity index (χ2v) is 5.97. The van der Waals surface area contributed by atoms with Gasteiger partial charge in [-0.1, -0.05) is 42.5 Å². The Morgan fingerprint density at radius 2 is 1.62 bits per heavy atom. The molecule has 26 heavy (non-hydrogen) atoms. The number of aryl methyl sites for hydroxylation is 1. The third-order valence-corrected chi connectivity index (χ3v) is 3.78. The van der Waals surface area contributed by atoms with E-state index in [9.17, 15) is 9.59 Å². The van der Waals surface area contributed by atoms with E-state index in [0.29, 0.717) is 12.8 Å². The number of hydrogen-bond donors (Lipinski definition) is 3. The first-order chi connectivity index (χ1) is 12.6. The molecule has 0 aliphatic rings. The van der Waals surface area contributed by atoms with Crippen molar-refractivity contribution in [2.45, 2.75) is 19.3 Å². The maximum Gasteiger partial charge on any atom is 0.238 e. The molecule has 0 saturated carbocycles. The highest BCUT2D eigenvalue weighted by Crippen LogP contribution is 2.11. The first-order valence-corrected chi connectivity index (χ1v) is 8.53. The summed E-state index contributed by atoms with van der Waals surface area (Å²) in [5.41, 5.74) is 6.92. The fourth-order valence-electron chi connectivity index (χ4n) is 2.22. The van der Waals surface area contributed by atoms with Gasteiger partial charge in [-0.25, -0.2) is 0 Å². The van der Waals surface area contributed by atoms with Gasteiger partial charge in [0.15, 0.2) is 5.11 Å². The number of hydrogen-bond acceptors (Lipinski definition) is 4. The molecule has 3 N–H and O–H groups in total. The number of carbonyl (C=O) groups is 2. The molecule has 0 aromatic heterocycles. The molecule has 0 saturated heterocycles. The molecule has 0 radical (unpaired) electrons. The number of thiocarbonyl (C=S) groups is 1. The summed E-state index contributed by atoms with van der Waals surface area (Å²) in [5, 5.41) is 2.57. The Hall–Kier alpha value is -2.93. The quantitative estimate of drug-likeness (QED) is 0.534. The van der Waals surface area contributed by atoms with Gasteiger partial charge < -0.3 is 10.1 Å². The summed E-state index contributed by atoms with van der Waals surface area (Å²) >= 11 is 5.00. The van der Waals surface area contributed by atoms with Crippen molar-refractivity contribution >= 4 is 29.1 Å². The van der Waals surface area contributed by atoms with Gasteiger partial charge in [0, 0.05) is 6.42 Å². The third kappa shape index (κ3) is 6.90. The summed E-state index contributed by atoms with van der Waals surface area (Å²) < 4.78 is 5.07. The molecule has 0 bridgehead atoms. The molecule has 2 aromatic rings. The van der Waals surface area contributed by atoms with E-state index in [1.807, 2.05) is 30.3 Å². The normalized spacial score (nSPS) is 9.88. The Morgan fingerprint density at radius 1 is 0.923 bits per heavy atom. The number of ether oxygens (including phenoxy) is 1. The van der Waals surface area contributed by atoms with Gasteiger partial charge in [0.05, 0.1) is 13.5 Å². The van der Waals surface area contributed by atoms with Crippen molar-refractivity contribution in [3.8, 4) is 5.75 Å². The third-order valence-electron chi connectivity index (χ3n) is 3.58. The molecule has 2 amide bonds. The number of hydrazine groups is 1. The molecule has 6 nitrogen and oxygen atoms in total. The summed E-state index contributed by atoms with van der Waals surface area (Å²) in [7, 11) is 1.58. The largest absolute Gasteiger partial charge is 0.497 e. The van der Waals surface area contributed by atoms with Crippen molar-refractivity contribution in [1.82, 2.24) is 16.2 Å². The van der Waals surface area contributed by atoms with Crippen LogP contribution in [0, 0.1) is 0 Å². The van der Waals surface area contributed by atoms with Gasteiger partial charge >= 0.3 is 0 Å². The minimum Gasteiger partial charge on any atom is -0.497 e. The summed E-state index contributed by atoms with van der Waals surface area (Å²) in [5.74, 6) is 0.247. The average Bonchev–Trinajstić information content (AvgIpc) is 2.66. The van der Waals surface area contributed by atoms with Crippen molar-refractivity contribution in [3.63, 3.8) is 0 Å². The van der Waals surface area contributed by atoms with Crippen molar-refractivity contribution in [2.24, 2.45) is 0 Å². The van der Waals surface area contributed by atoms with Crippen LogP contribution < -0.4 is 20.9 Å². The maximum absolute atomic E-state index is 12.0. The molecule has 0 atom stereocenters. The van der Waals surface area contributed by atoms with Crippen molar-refractivity contribution in [1.29, 1.82) is 0 Å². The number of methoxy groups -OCH3 is 1. The van der Waals surface area contributed by atoms with Crippen LogP contribution in [0.4, 0.5) is 0 Å². The van der Waals surface area contributed by atoms with Gasteiger partial charge in [-0.05, 0) is 41.9 Å². The Morgan fingerprint density at radius 3 is 2.27 bits per heavy atom. The minimum absolute atomic E-state index is 0.0524. The number of carbonyl (C=O) groups excluding carboxylic acids is 2. The van der Waals surface area contributed by atoms with Gasteiger partial charge in [-0.3, -0.25) is 20.4 Å². The molecule has 0 heterocycles. The summed E-state index contributed by atoms with van der Waals surface area (Å²) in [6, 6.07) is 16.9. The lowest BCUT2D eigenvalue weighted by Crippen LogP contribution is -2.48. The van der Waals surface area contributed by atoms with Gasteiger partial charge in [-0.15, -0.1) is 0 Å². The van der Waals surface area contributed by atoms with E-state index in [1.54, 1.807) is 31.4 Å². The van der Waals surface area contributed by atoms with Crippen molar-refractivity contribution in [3.05, 3.63) is 65.7 Å². The molecule has 0 unspecified atom stereocenters. The molecule has 0 spiro atoms. The van der Waals surface area contributed by atoms with Gasteiger partial charge in [0.25, 0.3) is 0 Å². The topological polar surface area (TPSA) is 79.5 Å². The van der Waals surface area contributed by atoms with Crippen molar-refractivity contribution in [2.75, 3.05) is 7.11 Å². The highest BCUT2D eigenvalue weighted by molar-refractivity contribution is 7.80. The van der Waals surface area contributed by atoms with Gasteiger partial charge in [0.2, 0.25) is 11.8 Å². The van der Waals surface area contributed by atoms with E-state index in [0.717, 1.165) is 16.9 Å². The monoisotopic (exact) mass is 371 g/mol. The first kappa shape index (κ1) is 19.4. The fraction of sp³-hybridized carbons (Fsp3) is 0.211. The number of benzene rings is 2. The number of rotatable bonds is 6. The van der Waals surface area contributed by atoms with Crippen LogP contribution in [0.25, 0.3) is 0 Å². The lowest BCUT2D eigenvalue weighted by Gasteiger charge is -2.11. The smallest absolute Gasteiger partial charge is 0.238 e. The Balaban J connectivity index is 1.67. The van der Waals surface area contributed by atoms with E-state index in [2.05, 4.69) is 16.2 Å². The zero-order valence-corrected chi connectivity index (χ0v) is 15.3. The fourth-order valence-corrected chi connectivity index (χ4v) is 2.39. The van der Waals surface area contributed by atoms with E-state index in [4.69, 9.17) is 17.0 Å². The summed E-state index contributed by atoms with van der Waals surface area (Å²) in [4.78, 5) is 23.8. The zero-order chi connectivity index (χ0) is 18.8.